The van der Waals surface area contributed by atoms with Gasteiger partial charge in [0.15, 0.2) is 0 Å². The number of hydrogen-bond acceptors (Lipinski definition) is 6. The second-order valence-corrected chi connectivity index (χ2v) is 8.40. The molecule has 4 N–H and O–H groups in total. The van der Waals surface area contributed by atoms with Gasteiger partial charge in [0.2, 0.25) is 0 Å². The molecule has 0 bridgehead atoms. The summed E-state index contributed by atoms with van der Waals surface area (Å²) in [5.74, 6) is 0.868. The summed E-state index contributed by atoms with van der Waals surface area (Å²) in [6, 6.07) is 12.9. The summed E-state index contributed by atoms with van der Waals surface area (Å²) in [5, 5.41) is 13.0. The third-order valence-electron chi connectivity index (χ3n) is 6.64. The molecule has 2 aromatic carbocycles. The number of H-pyrrole nitrogens is 1. The van der Waals surface area contributed by atoms with E-state index in [2.05, 4.69) is 16.1 Å². The van der Waals surface area contributed by atoms with Crippen molar-refractivity contribution in [2.24, 2.45) is 10.8 Å². The van der Waals surface area contributed by atoms with Crippen LogP contribution in [0.4, 0.5) is 0 Å². The first-order valence-corrected chi connectivity index (χ1v) is 10.4. The summed E-state index contributed by atoms with van der Waals surface area (Å²) < 4.78 is 5.95. The third kappa shape index (κ3) is 3.30. The molecule has 0 radical (unpaired) electrons. The second-order valence-electron chi connectivity index (χ2n) is 8.40. The Balaban J connectivity index is 1.34. The number of nitrogens with zero attached hydrogens (tertiary/aromatic N) is 2. The second kappa shape index (κ2) is 7.51. The highest BCUT2D eigenvalue weighted by molar-refractivity contribution is 6.64. The van der Waals surface area contributed by atoms with Crippen LogP contribution in [0.25, 0.3) is 10.9 Å². The van der Waals surface area contributed by atoms with Crippen molar-refractivity contribution in [2.45, 2.75) is 24.8 Å². The average Bonchev–Trinajstić information content (AvgIpc) is 3.39. The lowest BCUT2D eigenvalue weighted by atomic mass is 9.74. The number of piperidine rings is 1. The van der Waals surface area contributed by atoms with Crippen molar-refractivity contribution in [1.29, 1.82) is 0 Å². The molecule has 2 aliphatic heterocycles. The summed E-state index contributed by atoms with van der Waals surface area (Å²) in [6.07, 6.45) is 1.67. The van der Waals surface area contributed by atoms with Crippen LogP contribution in [0, 0.1) is 4.91 Å². The van der Waals surface area contributed by atoms with Crippen molar-refractivity contribution >= 4 is 29.3 Å². The number of nitroso groups, excluding NO2 is 1. The number of carbonyl (C=O) groups is 1. The molecule has 3 heterocycles. The van der Waals surface area contributed by atoms with Crippen molar-refractivity contribution in [2.75, 3.05) is 19.7 Å². The molecule has 1 fully saturated rings. The van der Waals surface area contributed by atoms with Crippen molar-refractivity contribution in [3.05, 3.63) is 64.2 Å². The molecule has 158 valence electrons. The molecule has 1 amide bonds. The number of aromatic nitrogens is 1. The van der Waals surface area contributed by atoms with Gasteiger partial charge in [-0.3, -0.25) is 4.79 Å². The van der Waals surface area contributed by atoms with Crippen LogP contribution in [0.2, 0.25) is 0 Å². The number of carbonyl (C=O) groups excluding carboxylic acids is 1. The van der Waals surface area contributed by atoms with Crippen molar-refractivity contribution in [3.63, 3.8) is 0 Å². The molecule has 0 unspecified atom stereocenters. The number of likely N-dealkylation sites (tertiary alicyclic amines) is 1. The van der Waals surface area contributed by atoms with Gasteiger partial charge in [-0.05, 0) is 47.5 Å². The molecule has 1 aromatic heterocycles. The van der Waals surface area contributed by atoms with E-state index in [1.54, 1.807) is 24.3 Å². The largest absolute Gasteiger partial charge is 0.517 e. The Labute approximate surface area is 179 Å². The van der Waals surface area contributed by atoms with Gasteiger partial charge in [-0.25, -0.2) is 0 Å². The number of ether oxygens (including phenoxy) is 1. The zero-order valence-corrected chi connectivity index (χ0v) is 17.0. The number of fused-ring (bicyclic) bond motifs is 3. The van der Waals surface area contributed by atoms with E-state index in [1.807, 2.05) is 17.0 Å². The Morgan fingerprint density at radius 3 is 2.77 bits per heavy atom. The zero-order valence-electron chi connectivity index (χ0n) is 17.0. The van der Waals surface area contributed by atoms with Crippen LogP contribution in [-0.2, 0) is 12.0 Å². The van der Waals surface area contributed by atoms with Gasteiger partial charge >= 0.3 is 7.05 Å². The maximum atomic E-state index is 13.1. The van der Waals surface area contributed by atoms with Crippen LogP contribution in [-0.4, -0.2) is 47.6 Å². The topological polar surface area (TPSA) is 121 Å². The molecular weight excluding hydrogens is 395 g/mol. The lowest BCUT2D eigenvalue weighted by Gasteiger charge is -2.38. The fourth-order valence-electron chi connectivity index (χ4n) is 4.75. The molecule has 1 saturated heterocycles. The van der Waals surface area contributed by atoms with E-state index in [-0.39, 0.29) is 11.3 Å². The Morgan fingerprint density at radius 1 is 1.23 bits per heavy atom. The fraction of sp³-hybridized carbons (Fsp3) is 0.318. The van der Waals surface area contributed by atoms with Gasteiger partial charge in [-0.15, -0.1) is 0 Å². The van der Waals surface area contributed by atoms with Crippen LogP contribution < -0.4 is 15.9 Å². The monoisotopic (exact) mass is 418 g/mol. The van der Waals surface area contributed by atoms with Crippen molar-refractivity contribution in [3.8, 4) is 5.75 Å². The summed E-state index contributed by atoms with van der Waals surface area (Å²) in [7, 11) is -1.41. The highest BCUT2D eigenvalue weighted by Crippen LogP contribution is 2.46. The molecule has 0 aliphatic carbocycles. The molecule has 2 aliphatic rings. The minimum absolute atomic E-state index is 0.0588. The van der Waals surface area contributed by atoms with E-state index in [0.29, 0.717) is 37.4 Å². The maximum absolute atomic E-state index is 13.1. The summed E-state index contributed by atoms with van der Waals surface area (Å²) in [4.78, 5) is 28.7. The van der Waals surface area contributed by atoms with Gasteiger partial charge in [0.25, 0.3) is 5.91 Å². The van der Waals surface area contributed by atoms with Crippen LogP contribution in [0.3, 0.4) is 0 Å². The van der Waals surface area contributed by atoms with Gasteiger partial charge in [0.05, 0.1) is 6.61 Å². The Bertz CT molecular complexity index is 1170. The lowest BCUT2D eigenvalue weighted by molar-refractivity contribution is 0.0641. The predicted octanol–water partition coefficient (Wildman–Crippen LogP) is 1.65. The molecule has 31 heavy (non-hydrogen) atoms. The van der Waals surface area contributed by atoms with E-state index >= 15 is 0 Å². The van der Waals surface area contributed by atoms with Crippen molar-refractivity contribution < 1.29 is 14.6 Å². The number of hydrogen-bond donors (Lipinski definition) is 3. The average molecular weight is 418 g/mol. The number of amides is 1. The quantitative estimate of drug-likeness (QED) is 0.440. The molecule has 3 aromatic rings. The fourth-order valence-corrected chi connectivity index (χ4v) is 4.75. The third-order valence-corrected chi connectivity index (χ3v) is 6.64. The first kappa shape index (κ1) is 19.8. The van der Waals surface area contributed by atoms with Crippen LogP contribution in [0.5, 0.6) is 5.75 Å². The number of nitrogens with one attached hydrogen (secondary N) is 1. The zero-order chi connectivity index (χ0) is 21.6. The van der Waals surface area contributed by atoms with Gasteiger partial charge in [0.1, 0.15) is 11.4 Å². The number of aromatic amines is 1. The van der Waals surface area contributed by atoms with Crippen LogP contribution in [0.15, 0.2) is 47.6 Å². The highest BCUT2D eigenvalue weighted by Gasteiger charge is 2.44. The van der Waals surface area contributed by atoms with E-state index in [1.165, 1.54) is 5.56 Å². The molecular formula is C22H23BN4O4. The Morgan fingerprint density at radius 2 is 2.03 bits per heavy atom. The molecule has 8 nitrogen and oxygen atoms in total. The Hall–Kier alpha value is -3.17. The summed E-state index contributed by atoms with van der Waals surface area (Å²) in [5.41, 5.74) is 9.72. The first-order valence-electron chi connectivity index (χ1n) is 10.4. The van der Waals surface area contributed by atoms with E-state index < -0.39 is 7.05 Å². The first-order chi connectivity index (χ1) is 15.0. The summed E-state index contributed by atoms with van der Waals surface area (Å²) >= 11 is 0. The number of nitrogens with two attached hydrogens (primary N) is 1. The molecule has 0 saturated carbocycles. The van der Waals surface area contributed by atoms with Gasteiger partial charge < -0.3 is 25.4 Å². The number of benzene rings is 2. The van der Waals surface area contributed by atoms with Gasteiger partial charge in [-0.1, -0.05) is 29.4 Å². The lowest BCUT2D eigenvalue weighted by Crippen LogP contribution is -2.46. The predicted molar refractivity (Wildman–Crippen MR) is 118 cm³/mol. The minimum atomic E-state index is -1.41. The minimum Gasteiger partial charge on any atom is -0.492 e. The number of rotatable bonds is 4. The standard InChI is InChI=1S/C22H23BN4O4/c24-12-14-1-4-20-17(9-14)22(13-31-20)5-7-27(8-6-22)21(28)19-11-15-10-16(23(29)26-30)2-3-18(15)25-19/h1-4,9-11,25,29H,5-8,12-13,24H2. The molecule has 9 heteroatoms. The van der Waals surface area contributed by atoms with Crippen LogP contribution in [0.1, 0.15) is 34.5 Å². The molecule has 0 atom stereocenters. The normalized spacial score (nSPS) is 16.9. The van der Waals surface area contributed by atoms with Gasteiger partial charge in [-0.2, -0.15) is 4.91 Å². The van der Waals surface area contributed by atoms with Gasteiger partial charge in [0, 0.05) is 36.1 Å². The summed E-state index contributed by atoms with van der Waals surface area (Å²) in [6.45, 7) is 2.42. The highest BCUT2D eigenvalue weighted by atomic mass is 16.5. The maximum Gasteiger partial charge on any atom is 0.517 e. The van der Waals surface area contributed by atoms with Crippen molar-refractivity contribution in [1.82, 2.24) is 9.88 Å². The van der Waals surface area contributed by atoms with E-state index in [0.717, 1.165) is 35.1 Å². The van der Waals surface area contributed by atoms with Crippen LogP contribution >= 0.6 is 0 Å². The SMILES string of the molecule is NCc1ccc2c(c1)C1(CCN(C(=O)c3cc4cc(B(O)N=O)ccc4[nH]3)CC1)CO2. The Kier molecular flexibility index (Phi) is 4.79. The molecule has 5 rings (SSSR count). The van der Waals surface area contributed by atoms with E-state index in [4.69, 9.17) is 10.5 Å². The molecule has 1 spiro atoms. The van der Waals surface area contributed by atoms with E-state index in [9.17, 15) is 14.7 Å². The smallest absolute Gasteiger partial charge is 0.492 e.